The first kappa shape index (κ1) is 18.3. The topological polar surface area (TPSA) is 49.3 Å². The predicted octanol–water partition coefficient (Wildman–Crippen LogP) is 3.38. The second-order valence-electron chi connectivity index (χ2n) is 5.66. The Morgan fingerprint density at radius 2 is 1.79 bits per heavy atom. The number of aryl methyl sites for hydroxylation is 1. The molecule has 0 radical (unpaired) electrons. The fourth-order valence-electron chi connectivity index (χ4n) is 2.27. The maximum Gasteiger partial charge on any atom is 0.191 e. The number of hydrogen-bond acceptors (Lipinski definition) is 2. The molecule has 2 N–H and O–H groups in total. The maximum atomic E-state index is 5.80. The van der Waals surface area contributed by atoms with Gasteiger partial charge in [0.25, 0.3) is 0 Å². The van der Waals surface area contributed by atoms with Crippen LogP contribution >= 0.6 is 11.6 Å². The van der Waals surface area contributed by atoms with Crippen LogP contribution in [-0.4, -0.2) is 30.6 Å². The monoisotopic (exact) mass is 344 g/mol. The van der Waals surface area contributed by atoms with E-state index in [1.807, 2.05) is 18.3 Å². The van der Waals surface area contributed by atoms with Gasteiger partial charge in [-0.1, -0.05) is 47.5 Å². The summed E-state index contributed by atoms with van der Waals surface area (Å²) in [5.41, 5.74) is 3.75. The van der Waals surface area contributed by atoms with E-state index >= 15 is 0 Å². The van der Waals surface area contributed by atoms with E-state index in [1.54, 1.807) is 0 Å². The molecule has 0 fully saturated rings. The van der Waals surface area contributed by atoms with Crippen molar-refractivity contribution in [3.63, 3.8) is 0 Å². The van der Waals surface area contributed by atoms with E-state index in [9.17, 15) is 0 Å². The standard InChI is InChI=1S/C19H25ClN4/c1-3-21-19(22-12-10-16-6-4-15(2)5-7-16)23-13-11-17-8-9-18(20)24-14-17/h4-9,14H,3,10-13H2,1-2H3,(H2,21,22,23). The summed E-state index contributed by atoms with van der Waals surface area (Å²) in [5, 5.41) is 7.16. The number of aromatic nitrogens is 1. The smallest absolute Gasteiger partial charge is 0.191 e. The minimum absolute atomic E-state index is 0.526. The van der Waals surface area contributed by atoms with Crippen LogP contribution in [-0.2, 0) is 12.8 Å². The van der Waals surface area contributed by atoms with E-state index in [-0.39, 0.29) is 0 Å². The average Bonchev–Trinajstić information content (AvgIpc) is 2.58. The van der Waals surface area contributed by atoms with Gasteiger partial charge in [-0.05, 0) is 43.9 Å². The van der Waals surface area contributed by atoms with E-state index in [2.05, 4.69) is 58.7 Å². The zero-order valence-corrected chi connectivity index (χ0v) is 15.1. The zero-order valence-electron chi connectivity index (χ0n) is 14.3. The molecule has 4 nitrogen and oxygen atoms in total. The zero-order chi connectivity index (χ0) is 17.2. The van der Waals surface area contributed by atoms with Crippen molar-refractivity contribution in [1.82, 2.24) is 15.6 Å². The number of nitrogens with zero attached hydrogens (tertiary/aromatic N) is 2. The number of guanidine groups is 1. The van der Waals surface area contributed by atoms with Gasteiger partial charge >= 0.3 is 0 Å². The number of hydrogen-bond donors (Lipinski definition) is 2. The highest BCUT2D eigenvalue weighted by Gasteiger charge is 1.99. The van der Waals surface area contributed by atoms with Crippen molar-refractivity contribution in [2.45, 2.75) is 26.7 Å². The molecule has 2 aromatic rings. The minimum atomic E-state index is 0.526. The van der Waals surface area contributed by atoms with Crippen LogP contribution < -0.4 is 10.6 Å². The molecule has 2 rings (SSSR count). The summed E-state index contributed by atoms with van der Waals surface area (Å²) in [6, 6.07) is 12.4. The number of halogens is 1. The van der Waals surface area contributed by atoms with E-state index in [1.165, 1.54) is 11.1 Å². The van der Waals surface area contributed by atoms with Crippen LogP contribution in [0.15, 0.2) is 47.6 Å². The highest BCUT2D eigenvalue weighted by Crippen LogP contribution is 2.05. The first-order valence-electron chi connectivity index (χ1n) is 8.35. The van der Waals surface area contributed by atoms with Gasteiger partial charge < -0.3 is 10.6 Å². The Morgan fingerprint density at radius 1 is 1.04 bits per heavy atom. The van der Waals surface area contributed by atoms with Crippen LogP contribution in [0.5, 0.6) is 0 Å². The molecule has 0 unspecified atom stereocenters. The quantitative estimate of drug-likeness (QED) is 0.460. The molecule has 0 saturated heterocycles. The summed E-state index contributed by atoms with van der Waals surface area (Å²) in [6.45, 7) is 6.59. The van der Waals surface area contributed by atoms with Gasteiger partial charge in [0.1, 0.15) is 5.15 Å². The van der Waals surface area contributed by atoms with Crippen LogP contribution in [0.3, 0.4) is 0 Å². The van der Waals surface area contributed by atoms with Crippen LogP contribution in [0.4, 0.5) is 0 Å². The summed E-state index contributed by atoms with van der Waals surface area (Å²) in [4.78, 5) is 8.73. The van der Waals surface area contributed by atoms with Crippen LogP contribution in [0, 0.1) is 6.92 Å². The summed E-state index contributed by atoms with van der Waals surface area (Å²) in [5.74, 6) is 0.853. The number of rotatable bonds is 7. The molecule has 24 heavy (non-hydrogen) atoms. The highest BCUT2D eigenvalue weighted by atomic mass is 35.5. The number of pyridine rings is 1. The Bertz CT molecular complexity index is 635. The molecule has 5 heteroatoms. The first-order chi connectivity index (χ1) is 11.7. The lowest BCUT2D eigenvalue weighted by atomic mass is 10.1. The third kappa shape index (κ3) is 6.59. The second kappa shape index (κ2) is 9.93. The Morgan fingerprint density at radius 3 is 2.46 bits per heavy atom. The fourth-order valence-corrected chi connectivity index (χ4v) is 2.38. The number of benzene rings is 1. The number of aliphatic imine (C=N–C) groups is 1. The molecule has 1 aromatic carbocycles. The van der Waals surface area contributed by atoms with Crippen molar-refractivity contribution >= 4 is 17.6 Å². The summed E-state index contributed by atoms with van der Waals surface area (Å²) in [6.07, 6.45) is 3.63. The van der Waals surface area contributed by atoms with Crippen LogP contribution in [0.2, 0.25) is 5.15 Å². The van der Waals surface area contributed by atoms with Crippen molar-refractivity contribution in [1.29, 1.82) is 0 Å². The van der Waals surface area contributed by atoms with Gasteiger partial charge in [0.15, 0.2) is 5.96 Å². The normalized spacial score (nSPS) is 11.4. The van der Waals surface area contributed by atoms with Crippen molar-refractivity contribution in [2.75, 3.05) is 19.6 Å². The fraction of sp³-hybridized carbons (Fsp3) is 0.368. The Labute approximate surface area is 149 Å². The average molecular weight is 345 g/mol. The third-order valence-corrected chi connectivity index (χ3v) is 3.85. The molecule has 0 bridgehead atoms. The van der Waals surface area contributed by atoms with Gasteiger partial charge in [0.2, 0.25) is 0 Å². The molecular weight excluding hydrogens is 320 g/mol. The van der Waals surface area contributed by atoms with E-state index < -0.39 is 0 Å². The lowest BCUT2D eigenvalue weighted by Gasteiger charge is -2.11. The molecule has 0 atom stereocenters. The summed E-state index contributed by atoms with van der Waals surface area (Å²) >= 11 is 5.80. The molecule has 1 aromatic heterocycles. The van der Waals surface area contributed by atoms with Gasteiger partial charge in [0.05, 0.1) is 0 Å². The molecule has 0 aliphatic heterocycles. The molecule has 0 aliphatic rings. The van der Waals surface area contributed by atoms with Gasteiger partial charge in [-0.2, -0.15) is 0 Å². The van der Waals surface area contributed by atoms with E-state index in [4.69, 9.17) is 11.6 Å². The molecule has 0 spiro atoms. The molecule has 128 valence electrons. The van der Waals surface area contributed by atoms with E-state index in [0.717, 1.165) is 44.0 Å². The van der Waals surface area contributed by atoms with Crippen LogP contribution in [0.25, 0.3) is 0 Å². The van der Waals surface area contributed by atoms with Crippen molar-refractivity contribution in [3.8, 4) is 0 Å². The Kier molecular flexibility index (Phi) is 7.56. The minimum Gasteiger partial charge on any atom is -0.357 e. The molecule has 0 aliphatic carbocycles. The SMILES string of the molecule is CCNC(=NCCc1ccc(C)cc1)NCCc1ccc(Cl)nc1. The molecule has 0 saturated carbocycles. The van der Waals surface area contributed by atoms with Crippen LogP contribution in [0.1, 0.15) is 23.6 Å². The second-order valence-corrected chi connectivity index (χ2v) is 6.05. The van der Waals surface area contributed by atoms with Gasteiger partial charge in [-0.25, -0.2) is 4.98 Å². The number of nitrogens with one attached hydrogen (secondary N) is 2. The lowest BCUT2D eigenvalue weighted by molar-refractivity contribution is 0.795. The first-order valence-corrected chi connectivity index (χ1v) is 8.73. The molecule has 1 heterocycles. The maximum absolute atomic E-state index is 5.80. The largest absolute Gasteiger partial charge is 0.357 e. The highest BCUT2D eigenvalue weighted by molar-refractivity contribution is 6.29. The summed E-state index contributed by atoms with van der Waals surface area (Å²) in [7, 11) is 0. The predicted molar refractivity (Wildman–Crippen MR) is 102 cm³/mol. The van der Waals surface area contributed by atoms with Gasteiger partial charge in [0, 0.05) is 25.8 Å². The lowest BCUT2D eigenvalue weighted by Crippen LogP contribution is -2.38. The molecule has 0 amide bonds. The molecular formula is C19H25ClN4. The van der Waals surface area contributed by atoms with Crippen molar-refractivity contribution < 1.29 is 0 Å². The third-order valence-electron chi connectivity index (χ3n) is 3.63. The van der Waals surface area contributed by atoms with Crippen molar-refractivity contribution in [2.24, 2.45) is 4.99 Å². The van der Waals surface area contributed by atoms with Gasteiger partial charge in [-0.15, -0.1) is 0 Å². The Balaban J connectivity index is 1.79. The van der Waals surface area contributed by atoms with E-state index in [0.29, 0.717) is 5.15 Å². The van der Waals surface area contributed by atoms with Gasteiger partial charge in [-0.3, -0.25) is 4.99 Å². The Hall–Kier alpha value is -2.07. The summed E-state index contributed by atoms with van der Waals surface area (Å²) < 4.78 is 0. The van der Waals surface area contributed by atoms with Crippen molar-refractivity contribution in [3.05, 3.63) is 64.4 Å².